The molecule has 2 aromatic rings. The summed E-state index contributed by atoms with van der Waals surface area (Å²) >= 11 is 18.0. The second-order valence-electron chi connectivity index (χ2n) is 5.16. The summed E-state index contributed by atoms with van der Waals surface area (Å²) in [6, 6.07) is 2.97. The molecule has 0 bridgehead atoms. The van der Waals surface area contributed by atoms with Crippen molar-refractivity contribution in [2.24, 2.45) is 0 Å². The SMILES string of the molecule is CCCNc1nnc(Cl)cc1C(=O)N(CCC)c1cc(Cl)nnc1Cl. The summed E-state index contributed by atoms with van der Waals surface area (Å²) in [5.74, 6) is 0.0322. The minimum absolute atomic E-state index is 0.0855. The molecule has 134 valence electrons. The minimum atomic E-state index is -0.330. The van der Waals surface area contributed by atoms with Crippen molar-refractivity contribution in [1.82, 2.24) is 20.4 Å². The van der Waals surface area contributed by atoms with Gasteiger partial charge in [0.15, 0.2) is 21.3 Å². The Bertz CT molecular complexity index is 758. The van der Waals surface area contributed by atoms with E-state index in [1.165, 1.54) is 17.0 Å². The first-order valence-electron chi connectivity index (χ1n) is 7.75. The number of nitrogens with one attached hydrogen (secondary N) is 1. The summed E-state index contributed by atoms with van der Waals surface area (Å²) in [6.07, 6.45) is 1.57. The van der Waals surface area contributed by atoms with E-state index in [4.69, 9.17) is 34.8 Å². The molecule has 0 radical (unpaired) electrons. The summed E-state index contributed by atoms with van der Waals surface area (Å²) in [6.45, 7) is 5.01. The van der Waals surface area contributed by atoms with Gasteiger partial charge in [-0.1, -0.05) is 48.7 Å². The Morgan fingerprint density at radius 1 is 1.04 bits per heavy atom. The highest BCUT2D eigenvalue weighted by Gasteiger charge is 2.24. The number of hydrogen-bond donors (Lipinski definition) is 1. The molecular weight excluding hydrogens is 387 g/mol. The third-order valence-corrected chi connectivity index (χ3v) is 3.86. The average molecular weight is 404 g/mol. The van der Waals surface area contributed by atoms with Gasteiger partial charge in [0.2, 0.25) is 0 Å². The number of rotatable bonds is 7. The largest absolute Gasteiger partial charge is 0.368 e. The standard InChI is InChI=1S/C15H17Cl3N6O/c1-3-5-19-14-9(7-11(16)21-23-14)15(25)24(6-4-2)10-8-12(17)20-22-13(10)18/h7-8H,3-6H2,1-2H3,(H,19,23). The molecule has 0 aromatic carbocycles. The lowest BCUT2D eigenvalue weighted by Crippen LogP contribution is -2.33. The van der Waals surface area contributed by atoms with Crippen molar-refractivity contribution in [2.75, 3.05) is 23.3 Å². The van der Waals surface area contributed by atoms with Gasteiger partial charge in [0.25, 0.3) is 5.91 Å². The van der Waals surface area contributed by atoms with Gasteiger partial charge in [0, 0.05) is 19.2 Å². The molecule has 2 heterocycles. The summed E-state index contributed by atoms with van der Waals surface area (Å²) in [5, 5.41) is 18.7. The van der Waals surface area contributed by atoms with E-state index in [1.807, 2.05) is 13.8 Å². The van der Waals surface area contributed by atoms with E-state index < -0.39 is 0 Å². The van der Waals surface area contributed by atoms with Gasteiger partial charge in [-0.15, -0.1) is 20.4 Å². The summed E-state index contributed by atoms with van der Waals surface area (Å²) in [7, 11) is 0. The summed E-state index contributed by atoms with van der Waals surface area (Å²) in [5.41, 5.74) is 0.675. The first-order chi connectivity index (χ1) is 12.0. The highest BCUT2D eigenvalue weighted by Crippen LogP contribution is 2.28. The monoisotopic (exact) mass is 402 g/mol. The number of amides is 1. The summed E-state index contributed by atoms with van der Waals surface area (Å²) < 4.78 is 0. The molecule has 25 heavy (non-hydrogen) atoms. The molecule has 0 aliphatic rings. The van der Waals surface area contributed by atoms with Crippen molar-refractivity contribution in [3.8, 4) is 0 Å². The highest BCUT2D eigenvalue weighted by molar-refractivity contribution is 6.34. The van der Waals surface area contributed by atoms with Gasteiger partial charge >= 0.3 is 0 Å². The Morgan fingerprint density at radius 2 is 1.72 bits per heavy atom. The van der Waals surface area contributed by atoms with Crippen molar-refractivity contribution in [3.63, 3.8) is 0 Å². The van der Waals surface area contributed by atoms with Crippen molar-refractivity contribution >= 4 is 52.2 Å². The van der Waals surface area contributed by atoms with E-state index in [9.17, 15) is 4.79 Å². The molecule has 0 saturated carbocycles. The molecule has 0 aliphatic heterocycles. The quantitative estimate of drug-likeness (QED) is 0.749. The molecule has 0 aliphatic carbocycles. The van der Waals surface area contributed by atoms with Crippen LogP contribution in [0.4, 0.5) is 11.5 Å². The van der Waals surface area contributed by atoms with Gasteiger partial charge in [0.1, 0.15) is 0 Å². The maximum atomic E-state index is 13.1. The smallest absolute Gasteiger partial charge is 0.262 e. The third kappa shape index (κ3) is 4.90. The van der Waals surface area contributed by atoms with Crippen molar-refractivity contribution in [3.05, 3.63) is 33.2 Å². The zero-order valence-electron chi connectivity index (χ0n) is 13.8. The zero-order valence-corrected chi connectivity index (χ0v) is 16.0. The van der Waals surface area contributed by atoms with Crippen molar-refractivity contribution in [1.29, 1.82) is 0 Å². The van der Waals surface area contributed by atoms with Gasteiger partial charge in [-0.05, 0) is 18.9 Å². The van der Waals surface area contributed by atoms with Crippen LogP contribution < -0.4 is 10.2 Å². The van der Waals surface area contributed by atoms with Crippen LogP contribution >= 0.6 is 34.8 Å². The number of halogens is 3. The van der Waals surface area contributed by atoms with E-state index in [2.05, 4.69) is 25.7 Å². The Balaban J connectivity index is 2.47. The van der Waals surface area contributed by atoms with Crippen LogP contribution in [-0.4, -0.2) is 39.4 Å². The Kier molecular flexibility index (Phi) is 7.16. The van der Waals surface area contributed by atoms with Crippen molar-refractivity contribution < 1.29 is 4.79 Å². The molecule has 2 rings (SSSR count). The topological polar surface area (TPSA) is 83.9 Å². The second kappa shape index (κ2) is 9.12. The van der Waals surface area contributed by atoms with Gasteiger partial charge in [-0.3, -0.25) is 4.79 Å². The third-order valence-electron chi connectivity index (χ3n) is 3.22. The van der Waals surface area contributed by atoms with Crippen LogP contribution in [-0.2, 0) is 0 Å². The molecule has 7 nitrogen and oxygen atoms in total. The highest BCUT2D eigenvalue weighted by atomic mass is 35.5. The number of hydrogen-bond acceptors (Lipinski definition) is 6. The fourth-order valence-corrected chi connectivity index (χ4v) is 2.62. The number of anilines is 2. The Morgan fingerprint density at radius 3 is 2.40 bits per heavy atom. The van der Waals surface area contributed by atoms with E-state index in [0.717, 1.165) is 6.42 Å². The van der Waals surface area contributed by atoms with Crippen molar-refractivity contribution in [2.45, 2.75) is 26.7 Å². The average Bonchev–Trinajstić information content (AvgIpc) is 2.60. The molecule has 1 N–H and O–H groups in total. The molecule has 0 spiro atoms. The van der Waals surface area contributed by atoms with Gasteiger partial charge in [-0.25, -0.2) is 0 Å². The lowest BCUT2D eigenvalue weighted by Gasteiger charge is -2.23. The molecular formula is C15H17Cl3N6O. The Labute approximate surface area is 160 Å². The minimum Gasteiger partial charge on any atom is -0.368 e. The number of carbonyl (C=O) groups is 1. The molecule has 0 saturated heterocycles. The normalized spacial score (nSPS) is 10.6. The van der Waals surface area contributed by atoms with Crippen LogP contribution in [0.1, 0.15) is 37.0 Å². The van der Waals surface area contributed by atoms with Crippen LogP contribution in [0, 0.1) is 0 Å². The molecule has 10 heteroatoms. The first kappa shape index (κ1) is 19.6. The molecule has 0 unspecified atom stereocenters. The number of nitrogens with zero attached hydrogens (tertiary/aromatic N) is 5. The van der Waals surface area contributed by atoms with Crippen LogP contribution in [0.25, 0.3) is 0 Å². The predicted octanol–water partition coefficient (Wildman–Crippen LogP) is 4.11. The van der Waals surface area contributed by atoms with E-state index in [0.29, 0.717) is 36.6 Å². The van der Waals surface area contributed by atoms with Crippen LogP contribution in [0.2, 0.25) is 15.5 Å². The van der Waals surface area contributed by atoms with E-state index in [-0.39, 0.29) is 21.4 Å². The summed E-state index contributed by atoms with van der Waals surface area (Å²) in [4.78, 5) is 14.6. The van der Waals surface area contributed by atoms with Crippen LogP contribution in [0.5, 0.6) is 0 Å². The van der Waals surface area contributed by atoms with Crippen LogP contribution in [0.3, 0.4) is 0 Å². The fourth-order valence-electron chi connectivity index (χ4n) is 2.14. The first-order valence-corrected chi connectivity index (χ1v) is 8.89. The van der Waals surface area contributed by atoms with Gasteiger partial charge in [-0.2, -0.15) is 0 Å². The molecule has 2 aromatic heterocycles. The molecule has 1 amide bonds. The second-order valence-corrected chi connectivity index (χ2v) is 6.29. The number of carbonyl (C=O) groups excluding carboxylic acids is 1. The van der Waals surface area contributed by atoms with E-state index >= 15 is 0 Å². The molecule has 0 atom stereocenters. The van der Waals surface area contributed by atoms with Crippen LogP contribution in [0.15, 0.2) is 12.1 Å². The maximum Gasteiger partial charge on any atom is 0.262 e. The number of aromatic nitrogens is 4. The van der Waals surface area contributed by atoms with E-state index in [1.54, 1.807) is 0 Å². The van der Waals surface area contributed by atoms with Gasteiger partial charge in [0.05, 0.1) is 11.3 Å². The van der Waals surface area contributed by atoms with Gasteiger partial charge < -0.3 is 10.2 Å². The lowest BCUT2D eigenvalue weighted by atomic mass is 10.2. The predicted molar refractivity (Wildman–Crippen MR) is 99.8 cm³/mol. The zero-order chi connectivity index (χ0) is 18.4. The Hall–Kier alpha value is -1.70. The molecule has 0 fully saturated rings. The maximum absolute atomic E-state index is 13.1. The lowest BCUT2D eigenvalue weighted by molar-refractivity contribution is 0.0987. The fraction of sp³-hybridized carbons (Fsp3) is 0.400.